The molecular formula is C13H15NO. The van der Waals surface area contributed by atoms with Gasteiger partial charge < -0.3 is 5.32 Å². The first kappa shape index (κ1) is 9.97. The SMILES string of the molecule is Cc1ccc(C)c(C(=O)NC2=CCC2)c1. The van der Waals surface area contributed by atoms with Crippen molar-refractivity contribution >= 4 is 5.91 Å². The molecule has 0 atom stereocenters. The molecule has 1 amide bonds. The summed E-state index contributed by atoms with van der Waals surface area (Å²) in [6.45, 7) is 3.96. The quantitative estimate of drug-likeness (QED) is 0.783. The van der Waals surface area contributed by atoms with E-state index in [4.69, 9.17) is 0 Å². The third kappa shape index (κ3) is 2.09. The lowest BCUT2D eigenvalue weighted by Crippen LogP contribution is -2.26. The summed E-state index contributed by atoms with van der Waals surface area (Å²) in [6.07, 6.45) is 4.14. The van der Waals surface area contributed by atoms with E-state index < -0.39 is 0 Å². The van der Waals surface area contributed by atoms with Crippen molar-refractivity contribution in [3.05, 3.63) is 46.7 Å². The van der Waals surface area contributed by atoms with Crippen LogP contribution in [0, 0.1) is 13.8 Å². The highest BCUT2D eigenvalue weighted by Crippen LogP contribution is 2.16. The highest BCUT2D eigenvalue weighted by Gasteiger charge is 2.13. The highest BCUT2D eigenvalue weighted by molar-refractivity contribution is 5.96. The summed E-state index contributed by atoms with van der Waals surface area (Å²) in [4.78, 5) is 11.9. The molecule has 0 spiro atoms. The minimum absolute atomic E-state index is 0.0159. The average Bonchev–Trinajstić information content (AvgIpc) is 2.15. The molecule has 1 aliphatic rings. The number of amides is 1. The van der Waals surface area contributed by atoms with Gasteiger partial charge in [-0.05, 0) is 38.3 Å². The normalized spacial score (nSPS) is 14.1. The molecule has 0 aliphatic heterocycles. The average molecular weight is 201 g/mol. The van der Waals surface area contributed by atoms with E-state index in [9.17, 15) is 4.79 Å². The molecule has 0 fully saturated rings. The molecule has 78 valence electrons. The van der Waals surface area contributed by atoms with Crippen LogP contribution >= 0.6 is 0 Å². The van der Waals surface area contributed by atoms with Gasteiger partial charge in [0.25, 0.3) is 5.91 Å². The molecule has 0 bridgehead atoms. The van der Waals surface area contributed by atoms with Crippen molar-refractivity contribution in [1.29, 1.82) is 0 Å². The smallest absolute Gasteiger partial charge is 0.255 e. The molecular weight excluding hydrogens is 186 g/mol. The maximum atomic E-state index is 11.9. The maximum Gasteiger partial charge on any atom is 0.255 e. The van der Waals surface area contributed by atoms with Gasteiger partial charge in [0.1, 0.15) is 0 Å². The second-order valence-electron chi connectivity index (χ2n) is 4.04. The Hall–Kier alpha value is -1.57. The van der Waals surface area contributed by atoms with Gasteiger partial charge in [-0.15, -0.1) is 0 Å². The number of aryl methyl sites for hydroxylation is 2. The molecule has 1 N–H and O–H groups in total. The summed E-state index contributed by atoms with van der Waals surface area (Å²) in [5.41, 5.74) is 3.98. The highest BCUT2D eigenvalue weighted by atomic mass is 16.1. The molecule has 1 aromatic carbocycles. The molecule has 15 heavy (non-hydrogen) atoms. The van der Waals surface area contributed by atoms with Gasteiger partial charge in [-0.2, -0.15) is 0 Å². The first-order valence-electron chi connectivity index (χ1n) is 5.24. The van der Waals surface area contributed by atoms with Gasteiger partial charge in [0.05, 0.1) is 0 Å². The maximum absolute atomic E-state index is 11.9. The largest absolute Gasteiger partial charge is 0.326 e. The van der Waals surface area contributed by atoms with Crippen LogP contribution in [0.25, 0.3) is 0 Å². The third-order valence-corrected chi connectivity index (χ3v) is 2.72. The Bertz CT molecular complexity index is 432. The number of allylic oxidation sites excluding steroid dienone is 2. The van der Waals surface area contributed by atoms with E-state index in [1.807, 2.05) is 32.0 Å². The summed E-state index contributed by atoms with van der Waals surface area (Å²) in [7, 11) is 0. The Balaban J connectivity index is 2.20. The minimum atomic E-state index is 0.0159. The van der Waals surface area contributed by atoms with Gasteiger partial charge in [0.2, 0.25) is 0 Å². The second kappa shape index (κ2) is 3.89. The summed E-state index contributed by atoms with van der Waals surface area (Å²) >= 11 is 0. The second-order valence-corrected chi connectivity index (χ2v) is 4.04. The van der Waals surface area contributed by atoms with Crippen LogP contribution in [-0.4, -0.2) is 5.91 Å². The van der Waals surface area contributed by atoms with E-state index in [1.54, 1.807) is 0 Å². The number of carbonyl (C=O) groups excluding carboxylic acids is 1. The molecule has 1 aromatic rings. The Morgan fingerprint density at radius 1 is 1.33 bits per heavy atom. The van der Waals surface area contributed by atoms with Crippen molar-refractivity contribution in [2.75, 3.05) is 0 Å². The first-order chi connectivity index (χ1) is 7.16. The molecule has 2 heteroatoms. The summed E-state index contributed by atoms with van der Waals surface area (Å²) in [6, 6.07) is 5.94. The lowest BCUT2D eigenvalue weighted by molar-refractivity contribution is 0.0962. The summed E-state index contributed by atoms with van der Waals surface area (Å²) in [5.74, 6) is 0.0159. The van der Waals surface area contributed by atoms with Crippen molar-refractivity contribution < 1.29 is 4.79 Å². The standard InChI is InChI=1S/C13H15NO/c1-9-6-7-10(2)12(8-9)13(15)14-11-4-3-5-11/h4,6-8H,3,5H2,1-2H3,(H,14,15). The van der Waals surface area contributed by atoms with Gasteiger partial charge in [-0.1, -0.05) is 23.8 Å². The van der Waals surface area contributed by atoms with Gasteiger partial charge in [0.15, 0.2) is 0 Å². The fourth-order valence-electron chi connectivity index (χ4n) is 1.60. The molecule has 0 heterocycles. The zero-order chi connectivity index (χ0) is 10.8. The van der Waals surface area contributed by atoms with Crippen LogP contribution in [-0.2, 0) is 0 Å². The number of hydrogen-bond acceptors (Lipinski definition) is 1. The Morgan fingerprint density at radius 2 is 2.07 bits per heavy atom. The minimum Gasteiger partial charge on any atom is -0.326 e. The summed E-state index contributed by atoms with van der Waals surface area (Å²) in [5, 5.41) is 2.92. The Labute approximate surface area is 90.0 Å². The Morgan fingerprint density at radius 3 is 2.67 bits per heavy atom. The molecule has 1 aliphatic carbocycles. The zero-order valence-corrected chi connectivity index (χ0v) is 9.13. The van der Waals surface area contributed by atoms with Crippen molar-refractivity contribution in [1.82, 2.24) is 5.32 Å². The van der Waals surface area contributed by atoms with Gasteiger partial charge in [-0.3, -0.25) is 4.79 Å². The lowest BCUT2D eigenvalue weighted by atomic mass is 10.0. The number of benzene rings is 1. The fourth-order valence-corrected chi connectivity index (χ4v) is 1.60. The van der Waals surface area contributed by atoms with Crippen LogP contribution in [0.15, 0.2) is 30.0 Å². The number of hydrogen-bond donors (Lipinski definition) is 1. The molecule has 0 aromatic heterocycles. The molecule has 0 unspecified atom stereocenters. The van der Waals surface area contributed by atoms with E-state index in [0.29, 0.717) is 0 Å². The molecule has 2 nitrogen and oxygen atoms in total. The number of carbonyl (C=O) groups is 1. The van der Waals surface area contributed by atoms with Crippen molar-refractivity contribution in [2.24, 2.45) is 0 Å². The fraction of sp³-hybridized carbons (Fsp3) is 0.308. The van der Waals surface area contributed by atoms with E-state index in [1.165, 1.54) is 0 Å². The van der Waals surface area contributed by atoms with E-state index in [-0.39, 0.29) is 5.91 Å². The summed E-state index contributed by atoms with van der Waals surface area (Å²) < 4.78 is 0. The Kier molecular flexibility index (Phi) is 2.58. The van der Waals surface area contributed by atoms with Gasteiger partial charge in [-0.25, -0.2) is 0 Å². The van der Waals surface area contributed by atoms with Crippen molar-refractivity contribution in [3.63, 3.8) is 0 Å². The van der Waals surface area contributed by atoms with Crippen LogP contribution in [0.2, 0.25) is 0 Å². The predicted octanol–water partition coefficient (Wildman–Crippen LogP) is 2.71. The predicted molar refractivity (Wildman–Crippen MR) is 60.7 cm³/mol. The zero-order valence-electron chi connectivity index (χ0n) is 9.13. The van der Waals surface area contributed by atoms with E-state index in [0.717, 1.165) is 35.2 Å². The van der Waals surface area contributed by atoms with Crippen LogP contribution in [0.4, 0.5) is 0 Å². The number of rotatable bonds is 2. The van der Waals surface area contributed by atoms with Crippen LogP contribution in [0.5, 0.6) is 0 Å². The van der Waals surface area contributed by atoms with E-state index in [2.05, 4.69) is 11.4 Å². The lowest BCUT2D eigenvalue weighted by Gasteiger charge is -2.16. The van der Waals surface area contributed by atoms with Crippen LogP contribution < -0.4 is 5.32 Å². The van der Waals surface area contributed by atoms with Gasteiger partial charge >= 0.3 is 0 Å². The third-order valence-electron chi connectivity index (χ3n) is 2.72. The van der Waals surface area contributed by atoms with Crippen LogP contribution in [0.3, 0.4) is 0 Å². The topological polar surface area (TPSA) is 29.1 Å². The molecule has 0 saturated carbocycles. The number of nitrogens with one attached hydrogen (secondary N) is 1. The van der Waals surface area contributed by atoms with Crippen LogP contribution in [0.1, 0.15) is 34.3 Å². The van der Waals surface area contributed by atoms with Crippen molar-refractivity contribution in [2.45, 2.75) is 26.7 Å². The molecule has 0 radical (unpaired) electrons. The first-order valence-corrected chi connectivity index (χ1v) is 5.24. The van der Waals surface area contributed by atoms with Crippen molar-refractivity contribution in [3.8, 4) is 0 Å². The molecule has 0 saturated heterocycles. The van der Waals surface area contributed by atoms with E-state index >= 15 is 0 Å². The monoisotopic (exact) mass is 201 g/mol. The van der Waals surface area contributed by atoms with Gasteiger partial charge in [0, 0.05) is 11.3 Å². The molecule has 2 rings (SSSR count).